The lowest BCUT2D eigenvalue weighted by atomic mass is 10.0. The number of carbonyl (C=O) groups is 2. The van der Waals surface area contributed by atoms with Crippen molar-refractivity contribution in [2.75, 3.05) is 26.2 Å². The molecule has 0 saturated carbocycles. The van der Waals surface area contributed by atoms with Gasteiger partial charge in [0.1, 0.15) is 16.8 Å². The van der Waals surface area contributed by atoms with Crippen LogP contribution >= 0.6 is 0 Å². The number of piperazine rings is 1. The fourth-order valence-electron chi connectivity index (χ4n) is 3.37. The first-order valence-electron chi connectivity index (χ1n) is 9.96. The molecule has 0 bridgehead atoms. The van der Waals surface area contributed by atoms with Gasteiger partial charge in [-0.05, 0) is 30.2 Å². The summed E-state index contributed by atoms with van der Waals surface area (Å²) >= 11 is 0. The van der Waals surface area contributed by atoms with E-state index in [2.05, 4.69) is 10.3 Å². The van der Waals surface area contributed by atoms with Gasteiger partial charge in [-0.2, -0.15) is 4.31 Å². The van der Waals surface area contributed by atoms with Crippen molar-refractivity contribution in [2.24, 2.45) is 5.92 Å². The maximum Gasteiger partial charge on any atom is 0.254 e. The van der Waals surface area contributed by atoms with Gasteiger partial charge in [0.15, 0.2) is 0 Å². The van der Waals surface area contributed by atoms with E-state index in [1.54, 1.807) is 26.0 Å². The van der Waals surface area contributed by atoms with Crippen molar-refractivity contribution in [3.05, 3.63) is 60.2 Å². The van der Waals surface area contributed by atoms with Gasteiger partial charge in [0.05, 0.1) is 5.56 Å². The smallest absolute Gasteiger partial charge is 0.254 e. The van der Waals surface area contributed by atoms with Crippen molar-refractivity contribution in [1.29, 1.82) is 0 Å². The Morgan fingerprint density at radius 3 is 2.32 bits per heavy atom. The molecule has 31 heavy (non-hydrogen) atoms. The van der Waals surface area contributed by atoms with Crippen LogP contribution in [0, 0.1) is 11.7 Å². The molecule has 1 aliphatic heterocycles. The molecular formula is C21H25FN4O4S. The molecule has 1 N–H and O–H groups in total. The lowest BCUT2D eigenvalue weighted by Gasteiger charge is -2.36. The van der Waals surface area contributed by atoms with Crippen LogP contribution in [0.25, 0.3) is 0 Å². The van der Waals surface area contributed by atoms with E-state index >= 15 is 0 Å². The Kier molecular flexibility index (Phi) is 7.01. The molecule has 1 aromatic heterocycles. The average Bonchev–Trinajstić information content (AvgIpc) is 2.77. The fourth-order valence-corrected chi connectivity index (χ4v) is 4.76. The maximum atomic E-state index is 13.9. The third-order valence-corrected chi connectivity index (χ3v) is 7.04. The number of nitrogens with one attached hydrogen (secondary N) is 1. The third-order valence-electron chi connectivity index (χ3n) is 5.16. The molecule has 2 aromatic rings. The highest BCUT2D eigenvalue weighted by molar-refractivity contribution is 7.89. The van der Waals surface area contributed by atoms with Gasteiger partial charge in [0.2, 0.25) is 15.9 Å². The van der Waals surface area contributed by atoms with E-state index in [9.17, 15) is 22.4 Å². The van der Waals surface area contributed by atoms with Gasteiger partial charge in [0.25, 0.3) is 5.91 Å². The second kappa shape index (κ2) is 9.52. The highest BCUT2D eigenvalue weighted by Crippen LogP contribution is 2.18. The summed E-state index contributed by atoms with van der Waals surface area (Å²) in [7, 11) is -3.69. The van der Waals surface area contributed by atoms with Crippen LogP contribution in [0.4, 0.5) is 4.39 Å². The monoisotopic (exact) mass is 448 g/mol. The lowest BCUT2D eigenvalue weighted by Crippen LogP contribution is -2.57. The Bertz CT molecular complexity index is 1040. The van der Waals surface area contributed by atoms with Gasteiger partial charge in [-0.3, -0.25) is 14.6 Å². The molecule has 1 aliphatic rings. The number of benzene rings is 1. The highest BCUT2D eigenvalue weighted by atomic mass is 32.2. The Morgan fingerprint density at radius 1 is 1.06 bits per heavy atom. The summed E-state index contributed by atoms with van der Waals surface area (Å²) in [4.78, 5) is 31.0. The van der Waals surface area contributed by atoms with Crippen LogP contribution in [0.5, 0.6) is 0 Å². The lowest BCUT2D eigenvalue weighted by molar-refractivity contribution is -0.135. The molecular weight excluding hydrogens is 423 g/mol. The minimum absolute atomic E-state index is 0.104. The van der Waals surface area contributed by atoms with Gasteiger partial charge in [-0.25, -0.2) is 12.8 Å². The zero-order chi connectivity index (χ0) is 22.6. The fraction of sp³-hybridized carbons (Fsp3) is 0.381. The Hall–Kier alpha value is -2.85. The van der Waals surface area contributed by atoms with E-state index in [1.165, 1.54) is 45.9 Å². The Labute approximate surface area is 181 Å². The molecule has 8 nitrogen and oxygen atoms in total. The number of aromatic nitrogens is 1. The minimum Gasteiger partial charge on any atom is -0.340 e. The zero-order valence-electron chi connectivity index (χ0n) is 17.4. The standard InChI is InChI=1S/C21H25FN4O4S/c1-15(2)19(24-20(27)17-7-3-4-8-18(17)22)21(28)25-10-12-26(13-11-25)31(29,30)16-6-5-9-23-14-16/h3-9,14-15,19H,10-13H2,1-2H3,(H,24,27)/t19-/m0/s1. The third kappa shape index (κ3) is 5.08. The van der Waals surface area contributed by atoms with Gasteiger partial charge in [0, 0.05) is 38.6 Å². The number of amides is 2. The van der Waals surface area contributed by atoms with Gasteiger partial charge < -0.3 is 10.2 Å². The van der Waals surface area contributed by atoms with Crippen LogP contribution in [0.1, 0.15) is 24.2 Å². The van der Waals surface area contributed by atoms with Crippen molar-refractivity contribution in [3.8, 4) is 0 Å². The SMILES string of the molecule is CC(C)[C@H](NC(=O)c1ccccc1F)C(=O)N1CCN(S(=O)(=O)c2cccnc2)CC1. The van der Waals surface area contributed by atoms with Gasteiger partial charge >= 0.3 is 0 Å². The van der Waals surface area contributed by atoms with Crippen LogP contribution in [0.3, 0.4) is 0 Å². The number of carbonyl (C=O) groups excluding carboxylic acids is 2. The number of hydrogen-bond donors (Lipinski definition) is 1. The Balaban J connectivity index is 1.66. The summed E-state index contributed by atoms with van der Waals surface area (Å²) in [6.07, 6.45) is 2.79. The molecule has 0 unspecified atom stereocenters. The number of halogens is 1. The molecule has 1 fully saturated rings. The normalized spacial score (nSPS) is 16.2. The van der Waals surface area contributed by atoms with Crippen molar-refractivity contribution < 1.29 is 22.4 Å². The first kappa shape index (κ1) is 22.8. The summed E-state index contributed by atoms with van der Waals surface area (Å²) in [5.41, 5.74) is -0.131. The quantitative estimate of drug-likeness (QED) is 0.722. The van der Waals surface area contributed by atoms with Crippen molar-refractivity contribution in [2.45, 2.75) is 24.8 Å². The summed E-state index contributed by atoms with van der Waals surface area (Å²) in [5, 5.41) is 2.63. The van der Waals surface area contributed by atoms with E-state index < -0.39 is 27.8 Å². The molecule has 3 rings (SSSR count). The number of rotatable bonds is 6. The van der Waals surface area contributed by atoms with Gasteiger partial charge in [-0.15, -0.1) is 0 Å². The predicted molar refractivity (Wildman–Crippen MR) is 112 cm³/mol. The summed E-state index contributed by atoms with van der Waals surface area (Å²) in [6, 6.07) is 7.75. The summed E-state index contributed by atoms with van der Waals surface area (Å²) in [5.74, 6) is -1.88. The Morgan fingerprint density at radius 2 is 1.74 bits per heavy atom. The molecule has 1 aromatic carbocycles. The molecule has 0 radical (unpaired) electrons. The summed E-state index contributed by atoms with van der Waals surface area (Å²) in [6.45, 7) is 4.22. The van der Waals surface area contributed by atoms with Crippen LogP contribution in [0.15, 0.2) is 53.7 Å². The average molecular weight is 449 g/mol. The van der Waals surface area contributed by atoms with Crippen molar-refractivity contribution in [3.63, 3.8) is 0 Å². The molecule has 0 aliphatic carbocycles. The molecule has 166 valence electrons. The largest absolute Gasteiger partial charge is 0.340 e. The molecule has 10 heteroatoms. The van der Waals surface area contributed by atoms with E-state index in [0.29, 0.717) is 0 Å². The number of hydrogen-bond acceptors (Lipinski definition) is 5. The highest BCUT2D eigenvalue weighted by Gasteiger charge is 2.34. The molecule has 1 saturated heterocycles. The first-order valence-corrected chi connectivity index (χ1v) is 11.4. The van der Waals surface area contributed by atoms with E-state index in [-0.39, 0.29) is 48.5 Å². The van der Waals surface area contributed by atoms with E-state index in [0.717, 1.165) is 0 Å². The number of pyridine rings is 1. The van der Waals surface area contributed by atoms with E-state index in [4.69, 9.17) is 0 Å². The second-order valence-corrected chi connectivity index (χ2v) is 9.53. The molecule has 1 atom stereocenters. The number of nitrogens with zero attached hydrogens (tertiary/aromatic N) is 3. The second-order valence-electron chi connectivity index (χ2n) is 7.59. The van der Waals surface area contributed by atoms with E-state index in [1.807, 2.05) is 0 Å². The topological polar surface area (TPSA) is 99.7 Å². The van der Waals surface area contributed by atoms with Crippen LogP contribution in [-0.2, 0) is 14.8 Å². The molecule has 2 heterocycles. The van der Waals surface area contributed by atoms with Crippen molar-refractivity contribution in [1.82, 2.24) is 19.5 Å². The molecule has 2 amide bonds. The number of sulfonamides is 1. The van der Waals surface area contributed by atoms with Crippen LogP contribution in [-0.4, -0.2) is 66.6 Å². The predicted octanol–water partition coefficient (Wildman–Crippen LogP) is 1.51. The summed E-state index contributed by atoms with van der Waals surface area (Å²) < 4.78 is 40.7. The zero-order valence-corrected chi connectivity index (χ0v) is 18.2. The van der Waals surface area contributed by atoms with Crippen LogP contribution in [0.2, 0.25) is 0 Å². The van der Waals surface area contributed by atoms with Crippen molar-refractivity contribution >= 4 is 21.8 Å². The molecule has 0 spiro atoms. The maximum absolute atomic E-state index is 13.9. The first-order chi connectivity index (χ1) is 14.7. The van der Waals surface area contributed by atoms with Gasteiger partial charge in [-0.1, -0.05) is 26.0 Å². The minimum atomic E-state index is -3.69. The van der Waals surface area contributed by atoms with Crippen LogP contribution < -0.4 is 5.32 Å².